The lowest BCUT2D eigenvalue weighted by atomic mass is 10.2. The highest BCUT2D eigenvalue weighted by Gasteiger charge is 2.13. The van der Waals surface area contributed by atoms with Crippen molar-refractivity contribution in [3.63, 3.8) is 0 Å². The molecule has 0 bridgehead atoms. The summed E-state index contributed by atoms with van der Waals surface area (Å²) >= 11 is 1.40. The fraction of sp³-hybridized carbons (Fsp3) is 0.200. The van der Waals surface area contributed by atoms with Crippen molar-refractivity contribution in [2.24, 2.45) is 0 Å². The van der Waals surface area contributed by atoms with Gasteiger partial charge in [0.1, 0.15) is 17.9 Å². The predicted octanol–water partition coefficient (Wildman–Crippen LogP) is 4.51. The van der Waals surface area contributed by atoms with Crippen LogP contribution >= 0.6 is 11.8 Å². The standard InChI is InChI=1S/C20H18F2N2O2S/c1-24(10-15-7-8-16(21)9-18(15)22)19(25)13-27-12-17-11-26-20(23-17)14-5-3-2-4-6-14/h2-9,11H,10,12-13H2,1H3. The molecule has 0 spiro atoms. The lowest BCUT2D eigenvalue weighted by molar-refractivity contribution is -0.127. The number of hydrogen-bond acceptors (Lipinski definition) is 4. The highest BCUT2D eigenvalue weighted by atomic mass is 32.2. The molecule has 140 valence electrons. The van der Waals surface area contributed by atoms with Gasteiger partial charge in [0.25, 0.3) is 0 Å². The molecule has 0 aliphatic heterocycles. The monoisotopic (exact) mass is 388 g/mol. The van der Waals surface area contributed by atoms with Gasteiger partial charge in [-0.1, -0.05) is 24.3 Å². The van der Waals surface area contributed by atoms with Gasteiger partial charge in [0.05, 0.1) is 11.4 Å². The van der Waals surface area contributed by atoms with E-state index in [1.807, 2.05) is 30.3 Å². The average Bonchev–Trinajstić information content (AvgIpc) is 3.13. The first kappa shape index (κ1) is 19.1. The summed E-state index contributed by atoms with van der Waals surface area (Å²) in [4.78, 5) is 18.0. The summed E-state index contributed by atoms with van der Waals surface area (Å²) in [6, 6.07) is 12.9. The van der Waals surface area contributed by atoms with Crippen molar-refractivity contribution in [2.75, 3.05) is 12.8 Å². The van der Waals surface area contributed by atoms with Crippen LogP contribution in [0.4, 0.5) is 8.78 Å². The topological polar surface area (TPSA) is 46.3 Å². The summed E-state index contributed by atoms with van der Waals surface area (Å²) in [6.45, 7) is 0.0909. The molecule has 1 amide bonds. The maximum atomic E-state index is 13.7. The van der Waals surface area contributed by atoms with Crippen molar-refractivity contribution in [1.82, 2.24) is 9.88 Å². The Bertz CT molecular complexity index is 915. The zero-order valence-corrected chi connectivity index (χ0v) is 15.5. The van der Waals surface area contributed by atoms with Crippen molar-refractivity contribution in [3.05, 3.63) is 77.7 Å². The summed E-state index contributed by atoms with van der Waals surface area (Å²) in [5, 5.41) is 0. The maximum absolute atomic E-state index is 13.7. The van der Waals surface area contributed by atoms with Crippen LogP contribution in [0.25, 0.3) is 11.5 Å². The fourth-order valence-electron chi connectivity index (χ4n) is 2.43. The third-order valence-electron chi connectivity index (χ3n) is 3.90. The highest BCUT2D eigenvalue weighted by Crippen LogP contribution is 2.20. The molecular formula is C20H18F2N2O2S. The Morgan fingerprint density at radius 2 is 1.96 bits per heavy atom. The number of halogens is 2. The molecule has 0 fully saturated rings. The average molecular weight is 388 g/mol. The molecule has 7 heteroatoms. The lowest BCUT2D eigenvalue weighted by Crippen LogP contribution is -2.28. The van der Waals surface area contributed by atoms with Crippen molar-refractivity contribution < 1.29 is 18.0 Å². The number of nitrogens with zero attached hydrogens (tertiary/aromatic N) is 2. The molecule has 3 aromatic rings. The van der Waals surface area contributed by atoms with E-state index in [4.69, 9.17) is 4.42 Å². The Kier molecular flexibility index (Phi) is 6.24. The maximum Gasteiger partial charge on any atom is 0.232 e. The predicted molar refractivity (Wildman–Crippen MR) is 101 cm³/mol. The van der Waals surface area contributed by atoms with E-state index in [0.29, 0.717) is 11.6 Å². The van der Waals surface area contributed by atoms with Crippen molar-refractivity contribution in [2.45, 2.75) is 12.3 Å². The Labute approximate surface area is 160 Å². The Hall–Kier alpha value is -2.67. The van der Waals surface area contributed by atoms with Gasteiger partial charge in [0.2, 0.25) is 11.8 Å². The highest BCUT2D eigenvalue weighted by molar-refractivity contribution is 7.99. The number of amides is 1. The smallest absolute Gasteiger partial charge is 0.232 e. The van der Waals surface area contributed by atoms with E-state index < -0.39 is 11.6 Å². The van der Waals surface area contributed by atoms with Crippen LogP contribution in [0.15, 0.2) is 59.2 Å². The van der Waals surface area contributed by atoms with Gasteiger partial charge in [0.15, 0.2) is 0 Å². The van der Waals surface area contributed by atoms with Crippen LogP contribution in [0, 0.1) is 11.6 Å². The van der Waals surface area contributed by atoms with Gasteiger partial charge in [0, 0.05) is 36.5 Å². The molecule has 1 heterocycles. The SMILES string of the molecule is CN(Cc1ccc(F)cc1F)C(=O)CSCc1coc(-c2ccccc2)n1. The van der Waals surface area contributed by atoms with Crippen LogP contribution in [0.5, 0.6) is 0 Å². The van der Waals surface area contributed by atoms with Gasteiger partial charge in [-0.2, -0.15) is 0 Å². The van der Waals surface area contributed by atoms with Gasteiger partial charge in [-0.05, 0) is 18.2 Å². The molecule has 3 rings (SSSR count). The Balaban J connectivity index is 1.48. The minimum atomic E-state index is -0.654. The van der Waals surface area contributed by atoms with Crippen LogP contribution in [0.1, 0.15) is 11.3 Å². The van der Waals surface area contributed by atoms with Crippen LogP contribution in [0.2, 0.25) is 0 Å². The number of oxazole rings is 1. The number of hydrogen-bond donors (Lipinski definition) is 0. The van der Waals surface area contributed by atoms with Crippen LogP contribution in [-0.2, 0) is 17.1 Å². The van der Waals surface area contributed by atoms with E-state index in [1.54, 1.807) is 13.3 Å². The van der Waals surface area contributed by atoms with E-state index in [9.17, 15) is 13.6 Å². The van der Waals surface area contributed by atoms with Crippen molar-refractivity contribution in [1.29, 1.82) is 0 Å². The molecule has 0 aliphatic rings. The van der Waals surface area contributed by atoms with Gasteiger partial charge >= 0.3 is 0 Å². The van der Waals surface area contributed by atoms with Gasteiger partial charge in [-0.3, -0.25) is 4.79 Å². The number of carbonyl (C=O) groups is 1. The molecule has 0 aliphatic carbocycles. The first-order chi connectivity index (χ1) is 13.0. The zero-order chi connectivity index (χ0) is 19.2. The zero-order valence-electron chi connectivity index (χ0n) is 14.7. The van der Waals surface area contributed by atoms with Gasteiger partial charge in [-0.25, -0.2) is 13.8 Å². The summed E-state index contributed by atoms with van der Waals surface area (Å²) in [6.07, 6.45) is 1.58. The van der Waals surface area contributed by atoms with Crippen LogP contribution < -0.4 is 0 Å². The van der Waals surface area contributed by atoms with Crippen molar-refractivity contribution in [3.8, 4) is 11.5 Å². The molecular weight excluding hydrogens is 370 g/mol. The molecule has 0 atom stereocenters. The molecule has 2 aromatic carbocycles. The summed E-state index contributed by atoms with van der Waals surface area (Å²) in [5.41, 5.74) is 1.92. The van der Waals surface area contributed by atoms with Gasteiger partial charge < -0.3 is 9.32 Å². The van der Waals surface area contributed by atoms with E-state index in [1.165, 1.54) is 28.8 Å². The largest absolute Gasteiger partial charge is 0.444 e. The first-order valence-corrected chi connectivity index (χ1v) is 9.44. The summed E-state index contributed by atoms with van der Waals surface area (Å²) in [5.74, 6) is -0.133. The second kappa shape index (κ2) is 8.81. The second-order valence-electron chi connectivity index (χ2n) is 5.99. The Morgan fingerprint density at radius 1 is 1.19 bits per heavy atom. The minimum absolute atomic E-state index is 0.0909. The molecule has 0 unspecified atom stereocenters. The van der Waals surface area contributed by atoms with E-state index >= 15 is 0 Å². The van der Waals surface area contributed by atoms with E-state index in [0.717, 1.165) is 17.3 Å². The van der Waals surface area contributed by atoms with E-state index in [2.05, 4.69) is 4.98 Å². The number of thioether (sulfide) groups is 1. The molecule has 0 saturated carbocycles. The number of benzene rings is 2. The number of carbonyl (C=O) groups excluding carboxylic acids is 1. The summed E-state index contributed by atoms with van der Waals surface area (Å²) < 4.78 is 32.1. The lowest BCUT2D eigenvalue weighted by Gasteiger charge is -2.17. The third kappa shape index (κ3) is 5.17. The molecule has 0 radical (unpaired) electrons. The minimum Gasteiger partial charge on any atom is -0.444 e. The quantitative estimate of drug-likeness (QED) is 0.597. The molecule has 1 aromatic heterocycles. The second-order valence-corrected chi connectivity index (χ2v) is 6.97. The van der Waals surface area contributed by atoms with Crippen molar-refractivity contribution >= 4 is 17.7 Å². The number of aromatic nitrogens is 1. The van der Waals surface area contributed by atoms with Gasteiger partial charge in [-0.15, -0.1) is 11.8 Å². The number of rotatable bonds is 7. The molecule has 27 heavy (non-hydrogen) atoms. The first-order valence-electron chi connectivity index (χ1n) is 8.28. The molecule has 4 nitrogen and oxygen atoms in total. The third-order valence-corrected chi connectivity index (χ3v) is 4.85. The molecule has 0 N–H and O–H groups in total. The summed E-state index contributed by atoms with van der Waals surface area (Å²) in [7, 11) is 1.59. The van der Waals surface area contributed by atoms with E-state index in [-0.39, 0.29) is 23.8 Å². The Morgan fingerprint density at radius 3 is 2.70 bits per heavy atom. The fourth-order valence-corrected chi connectivity index (χ4v) is 3.27. The van der Waals surface area contributed by atoms with Crippen LogP contribution in [0.3, 0.4) is 0 Å². The normalized spacial score (nSPS) is 10.8. The van der Waals surface area contributed by atoms with Crippen LogP contribution in [-0.4, -0.2) is 28.6 Å². The molecule has 0 saturated heterocycles.